The Bertz CT molecular complexity index is 791. The van der Waals surface area contributed by atoms with Gasteiger partial charge in [0, 0.05) is 11.6 Å². The normalized spacial score (nSPS) is 10.7. The van der Waals surface area contributed by atoms with Crippen LogP contribution < -0.4 is 11.1 Å². The van der Waals surface area contributed by atoms with E-state index in [1.165, 1.54) is 0 Å². The Morgan fingerprint density at radius 3 is 2.90 bits per heavy atom. The van der Waals surface area contributed by atoms with Gasteiger partial charge in [-0.3, -0.25) is 4.79 Å². The Morgan fingerprint density at radius 1 is 1.30 bits per heavy atom. The van der Waals surface area contributed by atoms with E-state index in [9.17, 15) is 4.79 Å². The van der Waals surface area contributed by atoms with Crippen molar-refractivity contribution in [3.63, 3.8) is 0 Å². The number of hydrogen-bond donors (Lipinski definition) is 3. The van der Waals surface area contributed by atoms with Crippen LogP contribution in [0.3, 0.4) is 0 Å². The fourth-order valence-corrected chi connectivity index (χ4v) is 2.09. The lowest BCUT2D eigenvalue weighted by atomic mass is 10.2. The third kappa shape index (κ3) is 2.21. The lowest BCUT2D eigenvalue weighted by Crippen LogP contribution is -2.13. The number of carbonyl (C=O) groups is 1. The molecule has 0 saturated carbocycles. The SMILES string of the molecule is Cc1ccnc(NC(=O)c2cc3cccc(N)c3[nH]2)c1. The number of H-pyrrole nitrogens is 1. The predicted molar refractivity (Wildman–Crippen MR) is 79.6 cm³/mol. The van der Waals surface area contributed by atoms with Crippen LogP contribution in [0.25, 0.3) is 10.9 Å². The van der Waals surface area contributed by atoms with Gasteiger partial charge in [0.25, 0.3) is 5.91 Å². The van der Waals surface area contributed by atoms with Gasteiger partial charge in [-0.2, -0.15) is 0 Å². The zero-order valence-corrected chi connectivity index (χ0v) is 11.0. The van der Waals surface area contributed by atoms with Crippen LogP contribution in [-0.2, 0) is 0 Å². The Balaban J connectivity index is 1.91. The molecule has 3 rings (SSSR count). The number of aromatic nitrogens is 2. The van der Waals surface area contributed by atoms with Crippen molar-refractivity contribution < 1.29 is 4.79 Å². The topological polar surface area (TPSA) is 83.8 Å². The van der Waals surface area contributed by atoms with Crippen molar-refractivity contribution in [2.45, 2.75) is 6.92 Å². The molecule has 4 N–H and O–H groups in total. The number of fused-ring (bicyclic) bond motifs is 1. The first-order valence-corrected chi connectivity index (χ1v) is 6.25. The largest absolute Gasteiger partial charge is 0.397 e. The maximum atomic E-state index is 12.2. The highest BCUT2D eigenvalue weighted by Crippen LogP contribution is 2.21. The molecule has 0 bridgehead atoms. The second-order valence-corrected chi connectivity index (χ2v) is 4.67. The molecule has 3 aromatic rings. The average Bonchev–Trinajstić information content (AvgIpc) is 2.84. The van der Waals surface area contributed by atoms with Gasteiger partial charge in [0.15, 0.2) is 0 Å². The van der Waals surface area contributed by atoms with Crippen LogP contribution in [0.5, 0.6) is 0 Å². The van der Waals surface area contributed by atoms with Gasteiger partial charge in [0.05, 0.1) is 11.2 Å². The molecule has 2 aromatic heterocycles. The third-order valence-electron chi connectivity index (χ3n) is 3.09. The number of carbonyl (C=O) groups excluding carboxylic acids is 1. The number of benzene rings is 1. The third-order valence-corrected chi connectivity index (χ3v) is 3.09. The number of hydrogen-bond acceptors (Lipinski definition) is 3. The fourth-order valence-electron chi connectivity index (χ4n) is 2.09. The summed E-state index contributed by atoms with van der Waals surface area (Å²) < 4.78 is 0. The van der Waals surface area contributed by atoms with Crippen molar-refractivity contribution >= 4 is 28.3 Å². The van der Waals surface area contributed by atoms with Crippen LogP contribution in [0.15, 0.2) is 42.6 Å². The molecule has 100 valence electrons. The number of nitrogens with one attached hydrogen (secondary N) is 2. The summed E-state index contributed by atoms with van der Waals surface area (Å²) in [7, 11) is 0. The first-order chi connectivity index (χ1) is 9.63. The van der Waals surface area contributed by atoms with E-state index in [2.05, 4.69) is 15.3 Å². The van der Waals surface area contributed by atoms with Crippen LogP contribution in [0.2, 0.25) is 0 Å². The van der Waals surface area contributed by atoms with Crippen molar-refractivity contribution in [3.05, 3.63) is 53.9 Å². The first kappa shape index (κ1) is 12.2. The molecule has 0 atom stereocenters. The van der Waals surface area contributed by atoms with Crippen molar-refractivity contribution in [3.8, 4) is 0 Å². The summed E-state index contributed by atoms with van der Waals surface area (Å²) in [6.07, 6.45) is 1.66. The summed E-state index contributed by atoms with van der Waals surface area (Å²) >= 11 is 0. The van der Waals surface area contributed by atoms with Crippen LogP contribution in [0.1, 0.15) is 16.1 Å². The number of pyridine rings is 1. The van der Waals surface area contributed by atoms with Gasteiger partial charge in [-0.15, -0.1) is 0 Å². The Morgan fingerprint density at radius 2 is 2.15 bits per heavy atom. The van der Waals surface area contributed by atoms with Gasteiger partial charge in [-0.25, -0.2) is 4.98 Å². The zero-order valence-electron chi connectivity index (χ0n) is 11.0. The van der Waals surface area contributed by atoms with Crippen LogP contribution >= 0.6 is 0 Å². The maximum absolute atomic E-state index is 12.2. The number of rotatable bonds is 2. The van der Waals surface area contributed by atoms with Crippen LogP contribution in [0.4, 0.5) is 11.5 Å². The number of nitrogens with two attached hydrogens (primary N) is 1. The van der Waals surface area contributed by atoms with Gasteiger partial charge >= 0.3 is 0 Å². The first-order valence-electron chi connectivity index (χ1n) is 6.25. The predicted octanol–water partition coefficient (Wildman–Crippen LogP) is 2.71. The number of aromatic amines is 1. The number of para-hydroxylation sites is 1. The highest BCUT2D eigenvalue weighted by atomic mass is 16.1. The molecular formula is C15H14N4O. The molecule has 0 radical (unpaired) electrons. The van der Waals surface area contributed by atoms with Crippen molar-refractivity contribution in [2.24, 2.45) is 0 Å². The van der Waals surface area contributed by atoms with Gasteiger partial charge in [-0.1, -0.05) is 12.1 Å². The molecule has 0 saturated heterocycles. The Kier molecular flexibility index (Phi) is 2.87. The van der Waals surface area contributed by atoms with E-state index in [-0.39, 0.29) is 5.91 Å². The lowest BCUT2D eigenvalue weighted by Gasteiger charge is -2.03. The standard InChI is InChI=1S/C15H14N4O/c1-9-5-6-17-13(7-9)19-15(20)12-8-10-3-2-4-11(16)14(10)18-12/h2-8,18H,16H2,1H3,(H,17,19,20). The summed E-state index contributed by atoms with van der Waals surface area (Å²) in [4.78, 5) is 19.3. The molecule has 5 heteroatoms. The van der Waals surface area contributed by atoms with Crippen molar-refractivity contribution in [1.29, 1.82) is 0 Å². The van der Waals surface area contributed by atoms with Crippen LogP contribution in [-0.4, -0.2) is 15.9 Å². The van der Waals surface area contributed by atoms with E-state index >= 15 is 0 Å². The van der Waals surface area contributed by atoms with Crippen molar-refractivity contribution in [1.82, 2.24) is 9.97 Å². The van der Waals surface area contributed by atoms with E-state index in [4.69, 9.17) is 5.73 Å². The molecule has 0 aliphatic heterocycles. The van der Waals surface area contributed by atoms with Gasteiger partial charge < -0.3 is 16.0 Å². The molecule has 0 spiro atoms. The summed E-state index contributed by atoms with van der Waals surface area (Å²) in [6, 6.07) is 11.0. The molecule has 0 fully saturated rings. The second kappa shape index (κ2) is 4.70. The minimum Gasteiger partial charge on any atom is -0.397 e. The molecule has 0 unspecified atom stereocenters. The second-order valence-electron chi connectivity index (χ2n) is 4.67. The fraction of sp³-hybridized carbons (Fsp3) is 0.0667. The van der Waals surface area contributed by atoms with Gasteiger partial charge in [0.2, 0.25) is 0 Å². The number of anilines is 2. The number of nitrogen functional groups attached to an aromatic ring is 1. The quantitative estimate of drug-likeness (QED) is 0.623. The van der Waals surface area contributed by atoms with Crippen LogP contribution in [0, 0.1) is 6.92 Å². The molecule has 2 heterocycles. The zero-order chi connectivity index (χ0) is 14.1. The monoisotopic (exact) mass is 266 g/mol. The van der Waals surface area contributed by atoms with Gasteiger partial charge in [-0.05, 0) is 36.8 Å². The summed E-state index contributed by atoms with van der Waals surface area (Å²) in [6.45, 7) is 1.95. The summed E-state index contributed by atoms with van der Waals surface area (Å²) in [5.74, 6) is 0.292. The molecule has 1 amide bonds. The smallest absolute Gasteiger partial charge is 0.273 e. The Hall–Kier alpha value is -2.82. The average molecular weight is 266 g/mol. The molecule has 20 heavy (non-hydrogen) atoms. The highest BCUT2D eigenvalue weighted by Gasteiger charge is 2.11. The Labute approximate surface area is 115 Å². The molecular weight excluding hydrogens is 252 g/mol. The van der Waals surface area contributed by atoms with E-state index in [0.717, 1.165) is 16.5 Å². The minimum absolute atomic E-state index is 0.237. The highest BCUT2D eigenvalue weighted by molar-refractivity contribution is 6.06. The minimum atomic E-state index is -0.237. The molecule has 0 aliphatic carbocycles. The van der Waals surface area contributed by atoms with E-state index in [1.807, 2.05) is 31.2 Å². The number of amides is 1. The maximum Gasteiger partial charge on any atom is 0.273 e. The lowest BCUT2D eigenvalue weighted by molar-refractivity contribution is 0.102. The molecule has 0 aliphatic rings. The van der Waals surface area contributed by atoms with E-state index in [1.54, 1.807) is 18.3 Å². The molecule has 5 nitrogen and oxygen atoms in total. The number of nitrogens with zero attached hydrogens (tertiary/aromatic N) is 1. The van der Waals surface area contributed by atoms with E-state index < -0.39 is 0 Å². The van der Waals surface area contributed by atoms with E-state index in [0.29, 0.717) is 17.2 Å². The van der Waals surface area contributed by atoms with Crippen molar-refractivity contribution in [2.75, 3.05) is 11.1 Å². The molecule has 1 aromatic carbocycles. The summed E-state index contributed by atoms with van der Waals surface area (Å²) in [5.41, 5.74) is 8.76. The van der Waals surface area contributed by atoms with Gasteiger partial charge in [0.1, 0.15) is 11.5 Å². The number of aryl methyl sites for hydroxylation is 1. The summed E-state index contributed by atoms with van der Waals surface area (Å²) in [5, 5.41) is 3.67.